The van der Waals surface area contributed by atoms with Crippen molar-refractivity contribution >= 4 is 29.0 Å². The molecule has 2 rings (SSSR count). The number of thioether (sulfide) groups is 1. The lowest BCUT2D eigenvalue weighted by molar-refractivity contribution is -0.119. The molecule has 0 aliphatic carbocycles. The van der Waals surface area contributed by atoms with Crippen LogP contribution in [0.3, 0.4) is 0 Å². The van der Waals surface area contributed by atoms with Gasteiger partial charge in [-0.15, -0.1) is 16.4 Å². The highest BCUT2D eigenvalue weighted by atomic mass is 32.2. The molecule has 0 saturated heterocycles. The standard InChI is InChI=1S/C14H20N4O3S2/c1-10(11-5-3-8-22-11)15-12(19)9-23-14-17-16-13(20)18(14)6-4-7-21-2/h3,5,8,10H,4,6-7,9H2,1-2H3,(H,15,19)(H,16,20). The van der Waals surface area contributed by atoms with E-state index in [1.807, 2.05) is 24.4 Å². The van der Waals surface area contributed by atoms with E-state index in [1.165, 1.54) is 16.3 Å². The van der Waals surface area contributed by atoms with Gasteiger partial charge in [0.1, 0.15) is 0 Å². The van der Waals surface area contributed by atoms with E-state index < -0.39 is 0 Å². The lowest BCUT2D eigenvalue weighted by atomic mass is 10.3. The molecule has 2 aromatic rings. The van der Waals surface area contributed by atoms with Crippen LogP contribution in [0.1, 0.15) is 24.3 Å². The second kappa shape index (κ2) is 8.90. The van der Waals surface area contributed by atoms with Gasteiger partial charge in [0.25, 0.3) is 0 Å². The third kappa shape index (κ3) is 5.22. The number of nitrogens with one attached hydrogen (secondary N) is 2. The zero-order valence-electron chi connectivity index (χ0n) is 13.1. The number of amides is 1. The number of carbonyl (C=O) groups is 1. The van der Waals surface area contributed by atoms with Crippen molar-refractivity contribution in [2.75, 3.05) is 19.5 Å². The zero-order chi connectivity index (χ0) is 16.7. The Balaban J connectivity index is 1.85. The van der Waals surface area contributed by atoms with Crippen molar-refractivity contribution in [3.8, 4) is 0 Å². The summed E-state index contributed by atoms with van der Waals surface area (Å²) in [5.74, 6) is 0.124. The molecule has 1 atom stereocenters. The van der Waals surface area contributed by atoms with Crippen molar-refractivity contribution in [2.24, 2.45) is 0 Å². The summed E-state index contributed by atoms with van der Waals surface area (Å²) in [5.41, 5.74) is -0.268. The number of H-pyrrole nitrogens is 1. The Hall–Kier alpha value is -1.58. The maximum absolute atomic E-state index is 12.0. The molecule has 2 aromatic heterocycles. The van der Waals surface area contributed by atoms with Gasteiger partial charge in [0, 0.05) is 25.1 Å². The van der Waals surface area contributed by atoms with E-state index in [9.17, 15) is 9.59 Å². The van der Waals surface area contributed by atoms with E-state index >= 15 is 0 Å². The first-order valence-electron chi connectivity index (χ1n) is 7.21. The normalized spacial score (nSPS) is 12.3. The van der Waals surface area contributed by atoms with Crippen molar-refractivity contribution in [1.29, 1.82) is 0 Å². The van der Waals surface area contributed by atoms with Crippen LogP contribution in [0.2, 0.25) is 0 Å². The van der Waals surface area contributed by atoms with Gasteiger partial charge in [-0.1, -0.05) is 17.8 Å². The fourth-order valence-corrected chi connectivity index (χ4v) is 3.52. The molecule has 2 heterocycles. The molecule has 0 aliphatic heterocycles. The van der Waals surface area contributed by atoms with E-state index in [0.717, 1.165) is 4.88 Å². The van der Waals surface area contributed by atoms with E-state index in [-0.39, 0.29) is 23.4 Å². The molecule has 126 valence electrons. The third-order valence-corrected chi connectivity index (χ3v) is 5.16. The van der Waals surface area contributed by atoms with Crippen LogP contribution in [0.4, 0.5) is 0 Å². The van der Waals surface area contributed by atoms with Gasteiger partial charge in [0.05, 0.1) is 11.8 Å². The highest BCUT2D eigenvalue weighted by Gasteiger charge is 2.14. The summed E-state index contributed by atoms with van der Waals surface area (Å²) in [4.78, 5) is 24.8. The molecular weight excluding hydrogens is 336 g/mol. The van der Waals surface area contributed by atoms with Crippen molar-refractivity contribution in [2.45, 2.75) is 31.1 Å². The Morgan fingerprint density at radius 3 is 3.13 bits per heavy atom. The van der Waals surface area contributed by atoms with Gasteiger partial charge in [-0.05, 0) is 24.8 Å². The topological polar surface area (TPSA) is 89.0 Å². The van der Waals surface area contributed by atoms with Crippen molar-refractivity contribution < 1.29 is 9.53 Å². The summed E-state index contributed by atoms with van der Waals surface area (Å²) in [6.45, 7) is 3.03. The molecule has 7 nitrogen and oxygen atoms in total. The third-order valence-electron chi connectivity index (χ3n) is 3.13. The number of hydrogen-bond donors (Lipinski definition) is 2. The van der Waals surface area contributed by atoms with Gasteiger partial charge in [-0.3, -0.25) is 9.36 Å². The zero-order valence-corrected chi connectivity index (χ0v) is 14.7. The van der Waals surface area contributed by atoms with Gasteiger partial charge in [0.15, 0.2) is 5.16 Å². The van der Waals surface area contributed by atoms with E-state index in [1.54, 1.807) is 18.4 Å². The largest absolute Gasteiger partial charge is 0.385 e. The number of aromatic amines is 1. The molecule has 0 bridgehead atoms. The summed E-state index contributed by atoms with van der Waals surface area (Å²) in [7, 11) is 1.62. The molecule has 9 heteroatoms. The number of aromatic nitrogens is 3. The van der Waals surface area contributed by atoms with Gasteiger partial charge in [-0.2, -0.15) is 0 Å². The summed E-state index contributed by atoms with van der Waals surface area (Å²) in [6, 6.07) is 3.93. The van der Waals surface area contributed by atoms with Gasteiger partial charge in [-0.25, -0.2) is 9.89 Å². The summed E-state index contributed by atoms with van der Waals surface area (Å²) in [6.07, 6.45) is 0.713. The van der Waals surface area contributed by atoms with Crippen LogP contribution in [0.15, 0.2) is 27.5 Å². The van der Waals surface area contributed by atoms with Crippen LogP contribution < -0.4 is 11.0 Å². The molecule has 0 spiro atoms. The maximum atomic E-state index is 12.0. The molecule has 0 fully saturated rings. The summed E-state index contributed by atoms with van der Waals surface area (Å²) in [5, 5.41) is 11.8. The SMILES string of the molecule is COCCCn1c(SCC(=O)NC(C)c2cccs2)n[nH]c1=O. The van der Waals surface area contributed by atoms with Crippen LogP contribution >= 0.6 is 23.1 Å². The summed E-state index contributed by atoms with van der Waals surface area (Å²) < 4.78 is 6.51. The molecule has 0 aliphatic rings. The number of rotatable bonds is 9. The first-order valence-corrected chi connectivity index (χ1v) is 9.08. The molecule has 0 saturated carbocycles. The second-order valence-electron chi connectivity index (χ2n) is 4.90. The monoisotopic (exact) mass is 356 g/mol. The maximum Gasteiger partial charge on any atom is 0.343 e. The molecular formula is C14H20N4O3S2. The lowest BCUT2D eigenvalue weighted by Crippen LogP contribution is -2.28. The number of thiophene rings is 1. The average Bonchev–Trinajstić information content (AvgIpc) is 3.17. The Kier molecular flexibility index (Phi) is 6.87. The van der Waals surface area contributed by atoms with Crippen molar-refractivity contribution in [3.05, 3.63) is 32.9 Å². The van der Waals surface area contributed by atoms with Crippen LogP contribution in [0.25, 0.3) is 0 Å². The number of hydrogen-bond acceptors (Lipinski definition) is 6. The first kappa shape index (κ1) is 17.8. The number of ether oxygens (including phenoxy) is 1. The summed E-state index contributed by atoms with van der Waals surface area (Å²) >= 11 is 2.85. The minimum atomic E-state index is -0.268. The Morgan fingerprint density at radius 2 is 2.43 bits per heavy atom. The van der Waals surface area contributed by atoms with Crippen LogP contribution in [-0.4, -0.2) is 40.1 Å². The Bertz CT molecular complexity index is 666. The number of carbonyl (C=O) groups excluding carboxylic acids is 1. The van der Waals surface area contributed by atoms with Crippen molar-refractivity contribution in [3.63, 3.8) is 0 Å². The molecule has 1 amide bonds. The van der Waals surface area contributed by atoms with Gasteiger partial charge < -0.3 is 10.1 Å². The molecule has 0 aromatic carbocycles. The van der Waals surface area contributed by atoms with E-state index in [4.69, 9.17) is 4.74 Å². The molecule has 0 radical (unpaired) electrons. The van der Waals surface area contributed by atoms with Crippen LogP contribution in [-0.2, 0) is 16.1 Å². The van der Waals surface area contributed by atoms with Crippen LogP contribution in [0, 0.1) is 0 Å². The predicted octanol–water partition coefficient (Wildman–Crippen LogP) is 1.64. The lowest BCUT2D eigenvalue weighted by Gasteiger charge is -2.12. The minimum Gasteiger partial charge on any atom is -0.385 e. The molecule has 2 N–H and O–H groups in total. The fraction of sp³-hybridized carbons (Fsp3) is 0.500. The van der Waals surface area contributed by atoms with E-state index in [2.05, 4.69) is 15.5 Å². The van der Waals surface area contributed by atoms with Crippen LogP contribution in [0.5, 0.6) is 0 Å². The van der Waals surface area contributed by atoms with E-state index in [0.29, 0.717) is 24.7 Å². The first-order chi connectivity index (χ1) is 11.1. The smallest absolute Gasteiger partial charge is 0.343 e. The molecule has 23 heavy (non-hydrogen) atoms. The highest BCUT2D eigenvalue weighted by molar-refractivity contribution is 7.99. The number of nitrogens with zero attached hydrogens (tertiary/aromatic N) is 2. The quantitative estimate of drug-likeness (QED) is 0.527. The highest BCUT2D eigenvalue weighted by Crippen LogP contribution is 2.19. The second-order valence-corrected chi connectivity index (χ2v) is 6.82. The van der Waals surface area contributed by atoms with Gasteiger partial charge in [0.2, 0.25) is 5.91 Å². The van der Waals surface area contributed by atoms with Gasteiger partial charge >= 0.3 is 5.69 Å². The molecule has 1 unspecified atom stereocenters. The van der Waals surface area contributed by atoms with Crippen molar-refractivity contribution in [1.82, 2.24) is 20.1 Å². The predicted molar refractivity (Wildman–Crippen MR) is 90.9 cm³/mol. The number of methoxy groups -OCH3 is 1. The minimum absolute atomic E-state index is 0.0221. The Labute approximate surface area is 142 Å². The Morgan fingerprint density at radius 1 is 1.61 bits per heavy atom. The average molecular weight is 356 g/mol. The fourth-order valence-electron chi connectivity index (χ4n) is 2.00.